The van der Waals surface area contributed by atoms with Crippen molar-refractivity contribution in [1.82, 2.24) is 4.90 Å². The van der Waals surface area contributed by atoms with E-state index in [0.29, 0.717) is 35.4 Å². The van der Waals surface area contributed by atoms with Gasteiger partial charge < -0.3 is 19.7 Å². The Morgan fingerprint density at radius 2 is 1.63 bits per heavy atom. The van der Waals surface area contributed by atoms with E-state index in [0.717, 1.165) is 25.0 Å². The van der Waals surface area contributed by atoms with Gasteiger partial charge in [0.05, 0.1) is 25.8 Å². The smallest absolute Gasteiger partial charge is 0.256 e. The van der Waals surface area contributed by atoms with E-state index in [-0.39, 0.29) is 18.2 Å². The number of hydrogen-bond acceptors (Lipinski definition) is 5. The highest BCUT2D eigenvalue weighted by Gasteiger charge is 2.43. The topological polar surface area (TPSA) is 71.1 Å². The van der Waals surface area contributed by atoms with E-state index >= 15 is 0 Å². The van der Waals surface area contributed by atoms with Crippen molar-refractivity contribution in [3.63, 3.8) is 0 Å². The molecule has 2 amide bonds. The molecule has 0 spiro atoms. The number of methoxy groups -OCH3 is 1. The molecule has 1 aliphatic rings. The Labute approximate surface area is 213 Å². The number of anilines is 2. The zero-order valence-electron chi connectivity index (χ0n) is 20.8. The number of nitrogens with one attached hydrogen (secondary N) is 1. The maximum Gasteiger partial charge on any atom is 0.256 e. The third kappa shape index (κ3) is 6.94. The van der Waals surface area contributed by atoms with E-state index in [1.807, 2.05) is 36.1 Å². The molecule has 0 saturated carbocycles. The lowest BCUT2D eigenvalue weighted by molar-refractivity contribution is -0.124. The summed E-state index contributed by atoms with van der Waals surface area (Å²) in [4.78, 5) is 29.9. The average molecular weight is 498 g/mol. The summed E-state index contributed by atoms with van der Waals surface area (Å²) in [5.41, 5.74) is 1.33. The highest BCUT2D eigenvalue weighted by molar-refractivity contribution is 7.80. The van der Waals surface area contributed by atoms with Crippen molar-refractivity contribution >= 4 is 40.5 Å². The van der Waals surface area contributed by atoms with Crippen molar-refractivity contribution in [3.8, 4) is 11.5 Å². The van der Waals surface area contributed by atoms with Crippen LogP contribution in [0.2, 0.25) is 0 Å². The van der Waals surface area contributed by atoms with Gasteiger partial charge in [0.1, 0.15) is 17.5 Å². The Morgan fingerprint density at radius 3 is 2.26 bits per heavy atom. The molecule has 1 aliphatic heterocycles. The lowest BCUT2D eigenvalue weighted by Gasteiger charge is -2.24. The zero-order valence-corrected chi connectivity index (χ0v) is 21.6. The fraction of sp³-hybridized carbons (Fsp3) is 0.444. The molecule has 1 unspecified atom stereocenters. The second kappa shape index (κ2) is 13.1. The summed E-state index contributed by atoms with van der Waals surface area (Å²) in [6.07, 6.45) is 5.51. The van der Waals surface area contributed by atoms with Gasteiger partial charge in [-0.1, -0.05) is 32.6 Å². The molecule has 1 fully saturated rings. The normalized spacial score (nSPS) is 15.5. The van der Waals surface area contributed by atoms with Crippen molar-refractivity contribution in [2.75, 3.05) is 30.5 Å². The van der Waals surface area contributed by atoms with Gasteiger partial charge in [0.2, 0.25) is 5.91 Å². The van der Waals surface area contributed by atoms with Crippen LogP contribution in [0.1, 0.15) is 52.4 Å². The molecule has 0 aromatic heterocycles. The number of benzene rings is 2. The molecule has 2 aromatic carbocycles. The summed E-state index contributed by atoms with van der Waals surface area (Å²) >= 11 is 5.74. The fourth-order valence-electron chi connectivity index (χ4n) is 4.13. The van der Waals surface area contributed by atoms with Crippen molar-refractivity contribution < 1.29 is 19.1 Å². The van der Waals surface area contributed by atoms with Gasteiger partial charge in [0.25, 0.3) is 5.91 Å². The van der Waals surface area contributed by atoms with Crippen molar-refractivity contribution in [2.45, 2.75) is 58.4 Å². The average Bonchev–Trinajstić information content (AvgIpc) is 3.09. The SMILES string of the molecule is CCCCCCCN1C(=S)N(c2ccc(OC)cc2)C(=O)C1CC(=O)Nc1ccc(OCC)cc1. The number of nitrogens with zero attached hydrogens (tertiary/aromatic N) is 2. The predicted octanol–water partition coefficient (Wildman–Crippen LogP) is 5.40. The standard InChI is InChI=1S/C27H35N3O4S/c1-4-6-7-8-9-18-29-24(19-25(31)28-20-10-14-23(15-11-20)34-5-2)26(32)30(27(29)35)21-12-16-22(33-3)17-13-21/h10-17,24H,4-9,18-19H2,1-3H3,(H,28,31). The summed E-state index contributed by atoms with van der Waals surface area (Å²) in [5.74, 6) is 1.02. The lowest BCUT2D eigenvalue weighted by atomic mass is 10.1. The first-order valence-electron chi connectivity index (χ1n) is 12.3. The molecule has 2 aromatic rings. The highest BCUT2D eigenvalue weighted by atomic mass is 32.1. The second-order valence-corrected chi connectivity index (χ2v) is 8.85. The minimum Gasteiger partial charge on any atom is -0.497 e. The van der Waals surface area contributed by atoms with E-state index < -0.39 is 6.04 Å². The van der Waals surface area contributed by atoms with Crippen LogP contribution >= 0.6 is 12.2 Å². The Morgan fingerprint density at radius 1 is 0.971 bits per heavy atom. The Kier molecular flexibility index (Phi) is 9.90. The third-order valence-electron chi connectivity index (χ3n) is 5.98. The minimum absolute atomic E-state index is 0.0216. The molecular formula is C27H35N3O4S. The minimum atomic E-state index is -0.640. The van der Waals surface area contributed by atoms with Crippen LogP contribution < -0.4 is 19.7 Å². The van der Waals surface area contributed by atoms with Crippen molar-refractivity contribution in [2.24, 2.45) is 0 Å². The van der Waals surface area contributed by atoms with Crippen LogP contribution in [0, 0.1) is 0 Å². The van der Waals surface area contributed by atoms with Gasteiger partial charge in [-0.25, -0.2) is 0 Å². The molecule has 0 bridgehead atoms. The van der Waals surface area contributed by atoms with Crippen LogP contribution in [0.3, 0.4) is 0 Å². The first-order chi connectivity index (χ1) is 17.0. The van der Waals surface area contributed by atoms with E-state index in [2.05, 4.69) is 12.2 Å². The van der Waals surface area contributed by atoms with E-state index in [1.165, 1.54) is 17.7 Å². The maximum atomic E-state index is 13.5. The molecule has 8 heteroatoms. The number of rotatable bonds is 13. The van der Waals surface area contributed by atoms with Gasteiger partial charge in [-0.3, -0.25) is 14.5 Å². The molecule has 1 N–H and O–H groups in total. The van der Waals surface area contributed by atoms with Crippen LogP contribution in [0.25, 0.3) is 0 Å². The number of carbonyl (C=O) groups is 2. The first kappa shape index (κ1) is 26.5. The van der Waals surface area contributed by atoms with Crippen LogP contribution in [-0.4, -0.2) is 48.1 Å². The van der Waals surface area contributed by atoms with Gasteiger partial charge in [-0.15, -0.1) is 0 Å². The Balaban J connectivity index is 1.73. The maximum absolute atomic E-state index is 13.5. The van der Waals surface area contributed by atoms with Gasteiger partial charge in [0.15, 0.2) is 5.11 Å². The second-order valence-electron chi connectivity index (χ2n) is 8.49. The van der Waals surface area contributed by atoms with E-state index in [1.54, 1.807) is 31.4 Å². The number of ether oxygens (including phenoxy) is 2. The third-order valence-corrected chi connectivity index (χ3v) is 6.40. The van der Waals surface area contributed by atoms with Crippen molar-refractivity contribution in [3.05, 3.63) is 48.5 Å². The molecule has 1 atom stereocenters. The summed E-state index contributed by atoms with van der Waals surface area (Å²) in [6, 6.07) is 13.8. The molecule has 7 nitrogen and oxygen atoms in total. The summed E-state index contributed by atoms with van der Waals surface area (Å²) < 4.78 is 10.7. The van der Waals surface area contributed by atoms with E-state index in [4.69, 9.17) is 21.7 Å². The lowest BCUT2D eigenvalue weighted by Crippen LogP contribution is -2.38. The summed E-state index contributed by atoms with van der Waals surface area (Å²) in [7, 11) is 1.60. The van der Waals surface area contributed by atoms with Gasteiger partial charge in [0, 0.05) is 12.2 Å². The number of unbranched alkanes of at least 4 members (excludes halogenated alkanes) is 4. The van der Waals surface area contributed by atoms with Crippen LogP contribution in [0.5, 0.6) is 11.5 Å². The Bertz CT molecular complexity index is 994. The van der Waals surface area contributed by atoms with Crippen LogP contribution in [0.4, 0.5) is 11.4 Å². The van der Waals surface area contributed by atoms with Gasteiger partial charge in [-0.05, 0) is 74.1 Å². The number of amides is 2. The molecule has 0 radical (unpaired) electrons. The molecule has 1 saturated heterocycles. The van der Waals surface area contributed by atoms with Crippen molar-refractivity contribution in [1.29, 1.82) is 0 Å². The zero-order chi connectivity index (χ0) is 25.2. The summed E-state index contributed by atoms with van der Waals surface area (Å²) in [5, 5.41) is 3.34. The molecule has 1 heterocycles. The number of thiocarbonyl (C=S) groups is 1. The van der Waals surface area contributed by atoms with Crippen LogP contribution in [-0.2, 0) is 9.59 Å². The molecule has 35 heavy (non-hydrogen) atoms. The molecular weight excluding hydrogens is 462 g/mol. The predicted molar refractivity (Wildman–Crippen MR) is 143 cm³/mol. The van der Waals surface area contributed by atoms with E-state index in [9.17, 15) is 9.59 Å². The fourth-order valence-corrected chi connectivity index (χ4v) is 4.54. The summed E-state index contributed by atoms with van der Waals surface area (Å²) in [6.45, 7) is 5.32. The van der Waals surface area contributed by atoms with Crippen LogP contribution in [0.15, 0.2) is 48.5 Å². The van der Waals surface area contributed by atoms with Gasteiger partial charge >= 0.3 is 0 Å². The first-order valence-corrected chi connectivity index (χ1v) is 12.7. The molecule has 0 aliphatic carbocycles. The highest BCUT2D eigenvalue weighted by Crippen LogP contribution is 2.29. The molecule has 3 rings (SSSR count). The monoisotopic (exact) mass is 497 g/mol. The number of carbonyl (C=O) groups excluding carboxylic acids is 2. The Hall–Kier alpha value is -3.13. The molecule has 188 valence electrons. The largest absolute Gasteiger partial charge is 0.497 e. The quantitative estimate of drug-likeness (QED) is 0.295. The number of hydrogen-bond donors (Lipinski definition) is 1. The van der Waals surface area contributed by atoms with Gasteiger partial charge in [-0.2, -0.15) is 0 Å².